The smallest absolute Gasteiger partial charge is 0.0291 e. The van der Waals surface area contributed by atoms with Gasteiger partial charge < -0.3 is 10.6 Å². The summed E-state index contributed by atoms with van der Waals surface area (Å²) in [4.78, 5) is 0. The van der Waals surface area contributed by atoms with Gasteiger partial charge in [-0.3, -0.25) is 0 Å². The monoisotopic (exact) mass is 630 g/mol. The maximum atomic E-state index is 3.67. The molecule has 2 unspecified atom stereocenters. The van der Waals surface area contributed by atoms with E-state index in [-0.39, 0.29) is 0 Å². The molecule has 48 heavy (non-hydrogen) atoms. The normalized spacial score (nSPS) is 12.2. The zero-order valence-electron chi connectivity index (χ0n) is 28.5. The van der Waals surface area contributed by atoms with E-state index in [0.717, 1.165) is 25.9 Å². The van der Waals surface area contributed by atoms with Gasteiger partial charge in [-0.1, -0.05) is 182 Å². The molecule has 0 spiro atoms. The van der Waals surface area contributed by atoms with Crippen molar-refractivity contribution in [2.75, 3.05) is 13.1 Å². The molecule has 2 nitrogen and oxygen atoms in total. The lowest BCUT2D eigenvalue weighted by molar-refractivity contribution is 0.540. The summed E-state index contributed by atoms with van der Waals surface area (Å²) < 4.78 is 0. The molecule has 6 rings (SSSR count). The second kappa shape index (κ2) is 19.2. The summed E-state index contributed by atoms with van der Waals surface area (Å²) in [5.41, 5.74) is 8.23. The van der Waals surface area contributed by atoms with Crippen molar-refractivity contribution < 1.29 is 0 Å². The van der Waals surface area contributed by atoms with Crippen LogP contribution < -0.4 is 10.6 Å². The molecule has 0 saturated heterocycles. The molecule has 0 radical (unpaired) electrons. The second-order valence-electron chi connectivity index (χ2n) is 12.5. The third-order valence-electron chi connectivity index (χ3n) is 9.17. The van der Waals surface area contributed by atoms with Crippen LogP contribution in [0.25, 0.3) is 0 Å². The molecule has 2 N–H and O–H groups in total. The highest BCUT2D eigenvalue weighted by atomic mass is 14.9. The van der Waals surface area contributed by atoms with Crippen molar-refractivity contribution in [2.24, 2.45) is 0 Å². The molecule has 0 fully saturated rings. The molecule has 244 valence electrons. The maximum Gasteiger partial charge on any atom is 0.0291 e. The van der Waals surface area contributed by atoms with Crippen LogP contribution in [0, 0.1) is 0 Å². The average Bonchev–Trinajstić information content (AvgIpc) is 3.17. The Kier molecular flexibility index (Phi) is 13.8. The molecule has 2 atom stereocenters. The van der Waals surface area contributed by atoms with E-state index in [4.69, 9.17) is 0 Å². The van der Waals surface area contributed by atoms with Crippen LogP contribution in [-0.2, 0) is 0 Å². The predicted molar refractivity (Wildman–Crippen MR) is 204 cm³/mol. The van der Waals surface area contributed by atoms with E-state index in [1.807, 2.05) is 0 Å². The van der Waals surface area contributed by atoms with Crippen LogP contribution >= 0.6 is 0 Å². The Bertz CT molecular complexity index is 1470. The SMILES string of the molecule is CC(NCCC(c1ccccc1)c1ccccc1)c1ccccc1.CC(NCCC(c1ccccc1)c1ccccc1)c1ccccc1. The molecule has 6 aromatic carbocycles. The largest absolute Gasteiger partial charge is 0.310 e. The number of nitrogens with one attached hydrogen (secondary N) is 2. The van der Waals surface area contributed by atoms with Crippen molar-refractivity contribution in [1.29, 1.82) is 0 Å². The van der Waals surface area contributed by atoms with E-state index in [2.05, 4.69) is 206 Å². The summed E-state index contributed by atoms with van der Waals surface area (Å²) in [5.74, 6) is 0.866. The summed E-state index contributed by atoms with van der Waals surface area (Å²) in [6, 6.07) is 65.3. The molecule has 0 aliphatic carbocycles. The van der Waals surface area contributed by atoms with Crippen molar-refractivity contribution >= 4 is 0 Å². The fourth-order valence-corrected chi connectivity index (χ4v) is 6.40. The Balaban J connectivity index is 0.000000188. The van der Waals surface area contributed by atoms with Gasteiger partial charge in [-0.25, -0.2) is 0 Å². The fraction of sp³-hybridized carbons (Fsp3) is 0.217. The topological polar surface area (TPSA) is 24.1 Å². The number of rotatable bonds is 14. The summed E-state index contributed by atoms with van der Waals surface area (Å²) >= 11 is 0. The van der Waals surface area contributed by atoms with E-state index in [0.29, 0.717) is 23.9 Å². The Morgan fingerprint density at radius 1 is 0.312 bits per heavy atom. The molecule has 0 aliphatic rings. The highest BCUT2D eigenvalue weighted by Gasteiger charge is 2.15. The molecule has 0 aliphatic heterocycles. The van der Waals surface area contributed by atoms with Crippen molar-refractivity contribution in [2.45, 2.75) is 50.6 Å². The maximum absolute atomic E-state index is 3.67. The molecular formula is C46H50N2. The van der Waals surface area contributed by atoms with Crippen LogP contribution in [0.2, 0.25) is 0 Å². The summed E-state index contributed by atoms with van der Waals surface area (Å²) in [7, 11) is 0. The summed E-state index contributed by atoms with van der Waals surface area (Å²) in [5, 5.41) is 7.34. The molecule has 0 bridgehead atoms. The van der Waals surface area contributed by atoms with Crippen LogP contribution in [0.1, 0.15) is 84.0 Å². The Labute approximate surface area is 288 Å². The number of benzene rings is 6. The zero-order chi connectivity index (χ0) is 33.2. The third-order valence-corrected chi connectivity index (χ3v) is 9.17. The van der Waals surface area contributed by atoms with Crippen LogP contribution in [0.4, 0.5) is 0 Å². The molecule has 0 heterocycles. The predicted octanol–water partition coefficient (Wildman–Crippen LogP) is 11.1. The molecule has 0 saturated carbocycles. The molecule has 0 aromatic heterocycles. The Hall–Kier alpha value is -4.76. The standard InChI is InChI=1S/2C23H25N/c2*1-19(20-11-5-2-6-12-20)24-18-17-23(21-13-7-3-8-14-21)22-15-9-4-10-16-22/h2*2-16,19,23-24H,17-18H2,1H3. The average molecular weight is 631 g/mol. The Morgan fingerprint density at radius 2 is 0.521 bits per heavy atom. The van der Waals surface area contributed by atoms with Gasteiger partial charge in [-0.2, -0.15) is 0 Å². The summed E-state index contributed by atoms with van der Waals surface area (Å²) in [6.07, 6.45) is 2.18. The van der Waals surface area contributed by atoms with E-state index in [9.17, 15) is 0 Å². The second-order valence-corrected chi connectivity index (χ2v) is 12.5. The van der Waals surface area contributed by atoms with Gasteiger partial charge in [0, 0.05) is 23.9 Å². The van der Waals surface area contributed by atoms with Crippen LogP contribution in [0.5, 0.6) is 0 Å². The minimum atomic E-state index is 0.374. The van der Waals surface area contributed by atoms with Gasteiger partial charge in [-0.05, 0) is 73.2 Å². The Morgan fingerprint density at radius 3 is 0.750 bits per heavy atom. The third kappa shape index (κ3) is 10.6. The minimum absolute atomic E-state index is 0.374. The number of hydrogen-bond donors (Lipinski definition) is 2. The lowest BCUT2D eigenvalue weighted by Gasteiger charge is -2.20. The van der Waals surface area contributed by atoms with E-state index in [1.54, 1.807) is 0 Å². The van der Waals surface area contributed by atoms with Crippen molar-refractivity contribution in [1.82, 2.24) is 10.6 Å². The highest BCUT2D eigenvalue weighted by Crippen LogP contribution is 2.29. The van der Waals surface area contributed by atoms with Gasteiger partial charge in [-0.15, -0.1) is 0 Å². The first kappa shape index (κ1) is 34.6. The van der Waals surface area contributed by atoms with Gasteiger partial charge in [0.2, 0.25) is 0 Å². The van der Waals surface area contributed by atoms with Gasteiger partial charge in [0.25, 0.3) is 0 Å². The van der Waals surface area contributed by atoms with Gasteiger partial charge in [0.05, 0.1) is 0 Å². The van der Waals surface area contributed by atoms with Crippen LogP contribution in [0.15, 0.2) is 182 Å². The first-order chi connectivity index (χ1) is 23.7. The van der Waals surface area contributed by atoms with Gasteiger partial charge >= 0.3 is 0 Å². The lowest BCUT2D eigenvalue weighted by atomic mass is 9.88. The first-order valence-corrected chi connectivity index (χ1v) is 17.5. The summed E-state index contributed by atoms with van der Waals surface area (Å²) in [6.45, 7) is 6.44. The van der Waals surface area contributed by atoms with Crippen LogP contribution in [-0.4, -0.2) is 13.1 Å². The molecule has 0 amide bonds. The minimum Gasteiger partial charge on any atom is -0.310 e. The fourth-order valence-electron chi connectivity index (χ4n) is 6.40. The van der Waals surface area contributed by atoms with Crippen molar-refractivity contribution in [3.63, 3.8) is 0 Å². The van der Waals surface area contributed by atoms with E-state index >= 15 is 0 Å². The molecule has 6 aromatic rings. The number of hydrogen-bond acceptors (Lipinski definition) is 2. The van der Waals surface area contributed by atoms with Crippen LogP contribution in [0.3, 0.4) is 0 Å². The zero-order valence-corrected chi connectivity index (χ0v) is 28.5. The van der Waals surface area contributed by atoms with E-state index in [1.165, 1.54) is 33.4 Å². The molecular weight excluding hydrogens is 581 g/mol. The van der Waals surface area contributed by atoms with Gasteiger partial charge in [0.15, 0.2) is 0 Å². The van der Waals surface area contributed by atoms with Gasteiger partial charge in [0.1, 0.15) is 0 Å². The lowest BCUT2D eigenvalue weighted by Crippen LogP contribution is -2.21. The van der Waals surface area contributed by atoms with E-state index < -0.39 is 0 Å². The quantitative estimate of drug-likeness (QED) is 0.125. The first-order valence-electron chi connectivity index (χ1n) is 17.5. The van der Waals surface area contributed by atoms with Crippen molar-refractivity contribution in [3.8, 4) is 0 Å². The highest BCUT2D eigenvalue weighted by molar-refractivity contribution is 5.33. The molecule has 2 heteroatoms. The van der Waals surface area contributed by atoms with Crippen molar-refractivity contribution in [3.05, 3.63) is 215 Å².